The molecular weight excluding hydrogens is 288 g/mol. The lowest BCUT2D eigenvalue weighted by Gasteiger charge is -2.07. The smallest absolute Gasteiger partial charge is 0.309 e. The quantitative estimate of drug-likeness (QED) is 0.851. The second-order valence-electron chi connectivity index (χ2n) is 4.48. The van der Waals surface area contributed by atoms with E-state index in [-0.39, 0.29) is 6.54 Å². The minimum atomic E-state index is -0.661. The van der Waals surface area contributed by atoms with E-state index in [4.69, 9.17) is 11.6 Å². The summed E-state index contributed by atoms with van der Waals surface area (Å²) < 4.78 is 0. The molecule has 2 aromatic rings. The second kappa shape index (κ2) is 7.45. The predicted molar refractivity (Wildman–Crippen MR) is 81.6 cm³/mol. The Morgan fingerprint density at radius 2 is 1.38 bits per heavy atom. The third-order valence-corrected chi connectivity index (χ3v) is 3.08. The maximum atomic E-state index is 11.7. The van der Waals surface area contributed by atoms with E-state index in [0.717, 1.165) is 11.1 Å². The van der Waals surface area contributed by atoms with Gasteiger partial charge >= 0.3 is 11.8 Å². The van der Waals surface area contributed by atoms with Crippen LogP contribution in [0.1, 0.15) is 11.1 Å². The van der Waals surface area contributed by atoms with Crippen LogP contribution in [0.3, 0.4) is 0 Å². The molecule has 5 heteroatoms. The molecule has 0 radical (unpaired) electrons. The lowest BCUT2D eigenvalue weighted by molar-refractivity contribution is -0.139. The molecule has 4 nitrogen and oxygen atoms in total. The summed E-state index contributed by atoms with van der Waals surface area (Å²) in [4.78, 5) is 23.3. The van der Waals surface area contributed by atoms with Crippen molar-refractivity contribution in [2.24, 2.45) is 0 Å². The topological polar surface area (TPSA) is 58.2 Å². The molecular formula is C16H15ClN2O2. The molecule has 0 spiro atoms. The van der Waals surface area contributed by atoms with E-state index < -0.39 is 11.8 Å². The molecule has 0 bridgehead atoms. The predicted octanol–water partition coefficient (Wildman–Crippen LogP) is 2.27. The van der Waals surface area contributed by atoms with E-state index in [0.29, 0.717) is 11.6 Å². The highest BCUT2D eigenvalue weighted by Gasteiger charge is 2.12. The number of carbonyl (C=O) groups excluding carboxylic acids is 2. The van der Waals surface area contributed by atoms with Crippen molar-refractivity contribution >= 4 is 23.4 Å². The van der Waals surface area contributed by atoms with Gasteiger partial charge in [0, 0.05) is 18.1 Å². The van der Waals surface area contributed by atoms with Crippen LogP contribution in [-0.2, 0) is 22.7 Å². The third-order valence-electron chi connectivity index (χ3n) is 2.84. The highest BCUT2D eigenvalue weighted by molar-refractivity contribution is 6.35. The summed E-state index contributed by atoms with van der Waals surface area (Å²) >= 11 is 5.85. The fourth-order valence-corrected chi connectivity index (χ4v) is 1.98. The molecule has 2 rings (SSSR count). The van der Waals surface area contributed by atoms with Crippen LogP contribution >= 0.6 is 11.6 Å². The lowest BCUT2D eigenvalue weighted by atomic mass is 10.2. The molecule has 2 amide bonds. The summed E-state index contributed by atoms with van der Waals surface area (Å²) in [6.45, 7) is 0.586. The fourth-order valence-electron chi connectivity index (χ4n) is 1.77. The van der Waals surface area contributed by atoms with Crippen molar-refractivity contribution in [2.75, 3.05) is 0 Å². The molecule has 0 aromatic heterocycles. The Kier molecular flexibility index (Phi) is 5.35. The Morgan fingerprint density at radius 1 is 0.810 bits per heavy atom. The minimum absolute atomic E-state index is 0.262. The zero-order valence-corrected chi connectivity index (χ0v) is 12.1. The standard InChI is InChI=1S/C16H15ClN2O2/c17-14-8-4-7-13(9-14)11-19-16(21)15(20)18-10-12-5-2-1-3-6-12/h1-9H,10-11H2,(H,18,20)(H,19,21). The van der Waals surface area contributed by atoms with Crippen LogP contribution in [0.2, 0.25) is 5.02 Å². The van der Waals surface area contributed by atoms with Crippen molar-refractivity contribution in [1.29, 1.82) is 0 Å². The van der Waals surface area contributed by atoms with E-state index in [9.17, 15) is 9.59 Å². The average molecular weight is 303 g/mol. The zero-order chi connectivity index (χ0) is 15.1. The van der Waals surface area contributed by atoms with Crippen molar-refractivity contribution < 1.29 is 9.59 Å². The molecule has 0 saturated heterocycles. The van der Waals surface area contributed by atoms with Crippen molar-refractivity contribution in [2.45, 2.75) is 13.1 Å². The number of halogens is 1. The first kappa shape index (κ1) is 15.1. The first-order valence-electron chi connectivity index (χ1n) is 6.49. The Hall–Kier alpha value is -2.33. The average Bonchev–Trinajstić information content (AvgIpc) is 2.51. The van der Waals surface area contributed by atoms with Crippen LogP contribution in [0.25, 0.3) is 0 Å². The van der Waals surface area contributed by atoms with Crippen LogP contribution in [0.5, 0.6) is 0 Å². The van der Waals surface area contributed by atoms with E-state index in [2.05, 4.69) is 10.6 Å². The van der Waals surface area contributed by atoms with Crippen LogP contribution in [0, 0.1) is 0 Å². The van der Waals surface area contributed by atoms with Crippen molar-refractivity contribution in [3.8, 4) is 0 Å². The molecule has 0 unspecified atom stereocenters. The molecule has 108 valence electrons. The third kappa shape index (κ3) is 4.93. The van der Waals surface area contributed by atoms with Gasteiger partial charge in [-0.05, 0) is 23.3 Å². The number of hydrogen-bond donors (Lipinski definition) is 2. The van der Waals surface area contributed by atoms with Crippen LogP contribution in [-0.4, -0.2) is 11.8 Å². The summed E-state index contributed by atoms with van der Waals surface area (Å²) in [5, 5.41) is 5.71. The number of nitrogens with one attached hydrogen (secondary N) is 2. The van der Waals surface area contributed by atoms with Gasteiger partial charge in [-0.2, -0.15) is 0 Å². The molecule has 2 aromatic carbocycles. The fraction of sp³-hybridized carbons (Fsp3) is 0.125. The van der Waals surface area contributed by atoms with E-state index in [1.807, 2.05) is 36.4 Å². The monoisotopic (exact) mass is 302 g/mol. The molecule has 0 fully saturated rings. The van der Waals surface area contributed by atoms with E-state index in [1.54, 1.807) is 18.2 Å². The number of hydrogen-bond acceptors (Lipinski definition) is 2. The Balaban J connectivity index is 1.79. The number of rotatable bonds is 4. The summed E-state index contributed by atoms with van der Waals surface area (Å²) in [6.07, 6.45) is 0. The van der Waals surface area contributed by atoms with Crippen molar-refractivity contribution in [1.82, 2.24) is 10.6 Å². The summed E-state index contributed by atoms with van der Waals surface area (Å²) in [5.41, 5.74) is 1.78. The van der Waals surface area contributed by atoms with E-state index >= 15 is 0 Å². The largest absolute Gasteiger partial charge is 0.344 e. The maximum Gasteiger partial charge on any atom is 0.309 e. The van der Waals surface area contributed by atoms with Crippen molar-refractivity contribution in [3.05, 3.63) is 70.7 Å². The van der Waals surface area contributed by atoms with Crippen molar-refractivity contribution in [3.63, 3.8) is 0 Å². The molecule has 0 heterocycles. The highest BCUT2D eigenvalue weighted by atomic mass is 35.5. The van der Waals surface area contributed by atoms with Gasteiger partial charge in [-0.15, -0.1) is 0 Å². The first-order valence-corrected chi connectivity index (χ1v) is 6.87. The summed E-state index contributed by atoms with van der Waals surface area (Å²) in [7, 11) is 0. The summed E-state index contributed by atoms with van der Waals surface area (Å²) in [6, 6.07) is 16.5. The SMILES string of the molecule is O=C(NCc1ccccc1)C(=O)NCc1cccc(Cl)c1. The molecule has 0 saturated carbocycles. The van der Waals surface area contributed by atoms with Gasteiger partial charge in [-0.1, -0.05) is 54.1 Å². The van der Waals surface area contributed by atoms with Gasteiger partial charge in [-0.3, -0.25) is 9.59 Å². The molecule has 2 N–H and O–H groups in total. The Bertz CT molecular complexity index is 629. The van der Waals surface area contributed by atoms with E-state index in [1.165, 1.54) is 0 Å². The number of amides is 2. The molecule has 0 atom stereocenters. The minimum Gasteiger partial charge on any atom is -0.344 e. The van der Waals surface area contributed by atoms with Gasteiger partial charge in [-0.25, -0.2) is 0 Å². The maximum absolute atomic E-state index is 11.7. The molecule has 0 aliphatic heterocycles. The number of carbonyl (C=O) groups is 2. The van der Waals surface area contributed by atoms with Gasteiger partial charge in [0.2, 0.25) is 0 Å². The summed E-state index contributed by atoms with van der Waals surface area (Å²) in [5.74, 6) is -1.31. The zero-order valence-electron chi connectivity index (χ0n) is 11.3. The van der Waals surface area contributed by atoms with Crippen LogP contribution in [0.15, 0.2) is 54.6 Å². The normalized spacial score (nSPS) is 9.95. The van der Waals surface area contributed by atoms with Gasteiger partial charge < -0.3 is 10.6 Å². The molecule has 0 aliphatic carbocycles. The molecule has 21 heavy (non-hydrogen) atoms. The number of benzene rings is 2. The Labute approximate surface area is 128 Å². The van der Waals surface area contributed by atoms with Gasteiger partial charge in [0.25, 0.3) is 0 Å². The van der Waals surface area contributed by atoms with Crippen LogP contribution in [0.4, 0.5) is 0 Å². The first-order chi connectivity index (χ1) is 10.1. The second-order valence-corrected chi connectivity index (χ2v) is 4.92. The lowest BCUT2D eigenvalue weighted by Crippen LogP contribution is -2.39. The highest BCUT2D eigenvalue weighted by Crippen LogP contribution is 2.10. The van der Waals surface area contributed by atoms with Gasteiger partial charge in [0.15, 0.2) is 0 Å². The van der Waals surface area contributed by atoms with Gasteiger partial charge in [0.05, 0.1) is 0 Å². The van der Waals surface area contributed by atoms with Crippen LogP contribution < -0.4 is 10.6 Å². The Morgan fingerprint density at radius 3 is 2.00 bits per heavy atom. The van der Waals surface area contributed by atoms with Gasteiger partial charge in [0.1, 0.15) is 0 Å². The molecule has 0 aliphatic rings.